The quantitative estimate of drug-likeness (QED) is 0.592. The maximum atomic E-state index is 11.6. The van der Waals surface area contributed by atoms with Crippen LogP contribution in [0, 0.1) is 11.8 Å². The van der Waals surface area contributed by atoms with Crippen molar-refractivity contribution >= 4 is 12.0 Å². The average Bonchev–Trinajstić information content (AvgIpc) is 2.31. The lowest BCUT2D eigenvalue weighted by Gasteiger charge is -2.34. The topological polar surface area (TPSA) is 98.7 Å². The molecule has 4 atom stereocenters. The molecule has 0 bridgehead atoms. The second kappa shape index (κ2) is 6.58. The van der Waals surface area contributed by atoms with Crippen molar-refractivity contribution in [3.8, 4) is 0 Å². The molecule has 1 aliphatic carbocycles. The molecule has 1 fully saturated rings. The highest BCUT2D eigenvalue weighted by atomic mass is 16.4. The maximum absolute atomic E-state index is 11.6. The third kappa shape index (κ3) is 3.87. The average molecular weight is 258 g/mol. The fraction of sp³-hybridized carbons (Fsp3) is 0.833. The van der Waals surface area contributed by atoms with Crippen LogP contribution < -0.4 is 10.6 Å². The summed E-state index contributed by atoms with van der Waals surface area (Å²) in [5, 5.41) is 22.6. The van der Waals surface area contributed by atoms with E-state index < -0.39 is 24.6 Å². The van der Waals surface area contributed by atoms with E-state index in [0.29, 0.717) is 11.8 Å². The highest BCUT2D eigenvalue weighted by molar-refractivity contribution is 5.82. The van der Waals surface area contributed by atoms with Gasteiger partial charge in [0.2, 0.25) is 0 Å². The van der Waals surface area contributed by atoms with Crippen molar-refractivity contribution in [3.63, 3.8) is 0 Å². The first kappa shape index (κ1) is 14.8. The highest BCUT2D eigenvalue weighted by Crippen LogP contribution is 2.29. The van der Waals surface area contributed by atoms with Gasteiger partial charge in [-0.3, -0.25) is 0 Å². The molecule has 0 aromatic carbocycles. The Labute approximate surface area is 107 Å². The van der Waals surface area contributed by atoms with Gasteiger partial charge in [0.05, 0.1) is 6.61 Å². The van der Waals surface area contributed by atoms with Gasteiger partial charge >= 0.3 is 12.0 Å². The Kier molecular flexibility index (Phi) is 5.40. The molecule has 0 radical (unpaired) electrons. The summed E-state index contributed by atoms with van der Waals surface area (Å²) in [6, 6.07) is -1.70. The summed E-state index contributed by atoms with van der Waals surface area (Å²) >= 11 is 0. The van der Waals surface area contributed by atoms with Crippen LogP contribution in [-0.2, 0) is 4.79 Å². The third-order valence-corrected chi connectivity index (χ3v) is 3.81. The van der Waals surface area contributed by atoms with Crippen LogP contribution in [0.15, 0.2) is 0 Å². The summed E-state index contributed by atoms with van der Waals surface area (Å²) in [4.78, 5) is 22.3. The number of hydrogen-bond acceptors (Lipinski definition) is 3. The molecule has 0 aromatic heterocycles. The van der Waals surface area contributed by atoms with E-state index in [1.54, 1.807) is 0 Å². The number of rotatable bonds is 4. The van der Waals surface area contributed by atoms with Gasteiger partial charge in [-0.15, -0.1) is 0 Å². The molecule has 6 heteroatoms. The minimum Gasteiger partial charge on any atom is -0.480 e. The molecule has 1 saturated carbocycles. The molecule has 1 aliphatic rings. The van der Waals surface area contributed by atoms with E-state index in [4.69, 9.17) is 10.2 Å². The van der Waals surface area contributed by atoms with Crippen LogP contribution in [0.1, 0.15) is 33.1 Å². The van der Waals surface area contributed by atoms with Crippen LogP contribution in [0.25, 0.3) is 0 Å². The van der Waals surface area contributed by atoms with E-state index in [9.17, 15) is 9.59 Å². The van der Waals surface area contributed by atoms with E-state index in [0.717, 1.165) is 19.3 Å². The summed E-state index contributed by atoms with van der Waals surface area (Å²) in [6.45, 7) is 3.64. The van der Waals surface area contributed by atoms with Crippen LogP contribution in [0.5, 0.6) is 0 Å². The van der Waals surface area contributed by atoms with E-state index in [1.165, 1.54) is 0 Å². The number of aliphatic carboxylic acids is 1. The Balaban J connectivity index is 2.46. The lowest BCUT2D eigenvalue weighted by atomic mass is 9.78. The number of carboxylic acids is 1. The predicted octanol–water partition coefficient (Wildman–Crippen LogP) is 0.556. The second-order valence-corrected chi connectivity index (χ2v) is 5.06. The normalized spacial score (nSPS) is 29.4. The molecule has 1 rings (SSSR count). The molecule has 0 saturated heterocycles. The largest absolute Gasteiger partial charge is 0.480 e. The SMILES string of the molecule is CC1CCCC(NC(=O)N[C@H](CO)C(=O)O)C1C. The standard InChI is InChI=1S/C12H22N2O4/c1-7-4-3-5-9(8(7)2)13-12(18)14-10(6-15)11(16)17/h7-10,15H,3-6H2,1-2H3,(H,16,17)(H2,13,14,18)/t7?,8?,9?,10-/m1/s1. The number of amides is 2. The molecule has 0 aromatic rings. The number of carbonyl (C=O) groups excluding carboxylic acids is 1. The third-order valence-electron chi connectivity index (χ3n) is 3.81. The van der Waals surface area contributed by atoms with Crippen LogP contribution in [-0.4, -0.2) is 40.9 Å². The number of hydrogen-bond donors (Lipinski definition) is 4. The molecule has 3 unspecified atom stereocenters. The molecular formula is C12H22N2O4. The van der Waals surface area contributed by atoms with Crippen LogP contribution >= 0.6 is 0 Å². The van der Waals surface area contributed by atoms with Gasteiger partial charge in [-0.1, -0.05) is 26.7 Å². The summed E-state index contributed by atoms with van der Waals surface area (Å²) < 4.78 is 0. The first-order valence-electron chi connectivity index (χ1n) is 6.36. The molecule has 18 heavy (non-hydrogen) atoms. The first-order valence-corrected chi connectivity index (χ1v) is 6.36. The van der Waals surface area contributed by atoms with Gasteiger partial charge in [-0.05, 0) is 18.3 Å². The molecule has 104 valence electrons. The molecule has 0 aliphatic heterocycles. The lowest BCUT2D eigenvalue weighted by Crippen LogP contribution is -2.53. The van der Waals surface area contributed by atoms with Crippen molar-refractivity contribution in [2.24, 2.45) is 11.8 Å². The summed E-state index contributed by atoms with van der Waals surface area (Å²) in [7, 11) is 0. The highest BCUT2D eigenvalue weighted by Gasteiger charge is 2.29. The zero-order valence-electron chi connectivity index (χ0n) is 10.8. The minimum atomic E-state index is -1.25. The van der Waals surface area contributed by atoms with Crippen molar-refractivity contribution in [1.82, 2.24) is 10.6 Å². The van der Waals surface area contributed by atoms with Gasteiger partial charge in [0.1, 0.15) is 0 Å². The zero-order valence-corrected chi connectivity index (χ0v) is 10.8. The molecule has 0 spiro atoms. The van der Waals surface area contributed by atoms with Crippen molar-refractivity contribution < 1.29 is 19.8 Å². The molecule has 6 nitrogen and oxygen atoms in total. The fourth-order valence-electron chi connectivity index (χ4n) is 2.34. The molecule has 0 heterocycles. The molecular weight excluding hydrogens is 236 g/mol. The van der Waals surface area contributed by atoms with Gasteiger partial charge in [0.25, 0.3) is 0 Å². The van der Waals surface area contributed by atoms with Crippen LogP contribution in [0.4, 0.5) is 4.79 Å². The van der Waals surface area contributed by atoms with Crippen LogP contribution in [0.2, 0.25) is 0 Å². The minimum absolute atomic E-state index is 0.0712. The van der Waals surface area contributed by atoms with Crippen LogP contribution in [0.3, 0.4) is 0 Å². The van der Waals surface area contributed by atoms with E-state index >= 15 is 0 Å². The second-order valence-electron chi connectivity index (χ2n) is 5.06. The summed E-state index contributed by atoms with van der Waals surface area (Å²) in [6.07, 6.45) is 3.14. The Morgan fingerprint density at radius 2 is 2.00 bits per heavy atom. The summed E-state index contributed by atoms with van der Waals surface area (Å²) in [5.74, 6) is -0.309. The van der Waals surface area contributed by atoms with Gasteiger partial charge in [0.15, 0.2) is 6.04 Å². The number of aliphatic hydroxyl groups is 1. The van der Waals surface area contributed by atoms with Gasteiger partial charge in [-0.2, -0.15) is 0 Å². The predicted molar refractivity (Wildman–Crippen MR) is 66.1 cm³/mol. The van der Waals surface area contributed by atoms with Gasteiger partial charge in [-0.25, -0.2) is 9.59 Å². The summed E-state index contributed by atoms with van der Waals surface area (Å²) in [5.41, 5.74) is 0. The zero-order chi connectivity index (χ0) is 13.7. The Hall–Kier alpha value is -1.30. The molecule has 4 N–H and O–H groups in total. The number of aliphatic hydroxyl groups excluding tert-OH is 1. The Morgan fingerprint density at radius 1 is 1.33 bits per heavy atom. The first-order chi connectivity index (χ1) is 8.45. The van der Waals surface area contributed by atoms with Gasteiger partial charge < -0.3 is 20.8 Å². The van der Waals surface area contributed by atoms with E-state index in [2.05, 4.69) is 24.5 Å². The van der Waals surface area contributed by atoms with E-state index in [-0.39, 0.29) is 6.04 Å². The fourth-order valence-corrected chi connectivity index (χ4v) is 2.34. The van der Waals surface area contributed by atoms with Crippen molar-refractivity contribution in [3.05, 3.63) is 0 Å². The number of carboxylic acid groups (broad SMARTS) is 1. The number of nitrogens with one attached hydrogen (secondary N) is 2. The Morgan fingerprint density at radius 3 is 2.56 bits per heavy atom. The molecule has 2 amide bonds. The smallest absolute Gasteiger partial charge is 0.328 e. The lowest BCUT2D eigenvalue weighted by molar-refractivity contribution is -0.140. The van der Waals surface area contributed by atoms with E-state index in [1.807, 2.05) is 0 Å². The monoisotopic (exact) mass is 258 g/mol. The van der Waals surface area contributed by atoms with Crippen molar-refractivity contribution in [2.75, 3.05) is 6.61 Å². The number of carbonyl (C=O) groups is 2. The number of urea groups is 1. The van der Waals surface area contributed by atoms with Gasteiger partial charge in [0, 0.05) is 6.04 Å². The van der Waals surface area contributed by atoms with Crippen molar-refractivity contribution in [1.29, 1.82) is 0 Å². The maximum Gasteiger partial charge on any atom is 0.328 e. The van der Waals surface area contributed by atoms with Crippen molar-refractivity contribution in [2.45, 2.75) is 45.2 Å². The Bertz CT molecular complexity index is 308.